The molecule has 1 aliphatic carbocycles. The summed E-state index contributed by atoms with van der Waals surface area (Å²) in [7, 11) is 0. The number of hydrogen-bond acceptors (Lipinski definition) is 5. The molecule has 1 heterocycles. The fourth-order valence-electron chi connectivity index (χ4n) is 1.89. The van der Waals surface area contributed by atoms with E-state index in [0.717, 1.165) is 12.8 Å². The van der Waals surface area contributed by atoms with E-state index in [4.69, 9.17) is 10.5 Å². The summed E-state index contributed by atoms with van der Waals surface area (Å²) in [5.41, 5.74) is 5.86. The third kappa shape index (κ3) is 5.09. The number of nitrogens with one attached hydrogen (secondary N) is 1. The molecule has 3 N–H and O–H groups in total. The van der Waals surface area contributed by atoms with Crippen LogP contribution in [0.2, 0.25) is 0 Å². The number of anilines is 1. The third-order valence-electron chi connectivity index (χ3n) is 3.39. The van der Waals surface area contributed by atoms with Crippen molar-refractivity contribution >= 4 is 36.4 Å². The van der Waals surface area contributed by atoms with Crippen molar-refractivity contribution in [2.24, 2.45) is 5.73 Å². The minimum absolute atomic E-state index is 0. The SMILES string of the molecule is Cl.Cl.NC1(C(=O)Nc2cccc(OCCn3cncn3)c2)CC1. The largest absolute Gasteiger partial charge is 0.492 e. The number of nitrogens with two attached hydrogens (primary N) is 1. The molecule has 1 aromatic heterocycles. The number of nitrogens with zero attached hydrogens (tertiary/aromatic N) is 3. The van der Waals surface area contributed by atoms with Gasteiger partial charge in [-0.05, 0) is 25.0 Å². The molecular weight excluding hydrogens is 341 g/mol. The lowest BCUT2D eigenvalue weighted by molar-refractivity contribution is -0.118. The van der Waals surface area contributed by atoms with Gasteiger partial charge in [0.1, 0.15) is 25.0 Å². The molecule has 1 saturated carbocycles. The molecule has 0 saturated heterocycles. The Bertz CT molecular complexity index is 632. The summed E-state index contributed by atoms with van der Waals surface area (Å²) in [6, 6.07) is 7.27. The molecular formula is C14H19Cl2N5O2. The number of halogens is 2. The Morgan fingerprint density at radius 1 is 1.39 bits per heavy atom. The average Bonchev–Trinajstić information content (AvgIpc) is 3.01. The van der Waals surface area contributed by atoms with Crippen LogP contribution in [-0.2, 0) is 11.3 Å². The van der Waals surface area contributed by atoms with E-state index in [1.807, 2.05) is 18.2 Å². The Morgan fingerprint density at radius 3 is 2.83 bits per heavy atom. The lowest BCUT2D eigenvalue weighted by atomic mass is 10.2. The van der Waals surface area contributed by atoms with Gasteiger partial charge >= 0.3 is 0 Å². The number of aromatic nitrogens is 3. The second-order valence-corrected chi connectivity index (χ2v) is 5.15. The van der Waals surface area contributed by atoms with E-state index in [1.54, 1.807) is 17.1 Å². The van der Waals surface area contributed by atoms with Crippen LogP contribution in [0.5, 0.6) is 5.75 Å². The Kier molecular flexibility index (Phi) is 6.80. The van der Waals surface area contributed by atoms with Crippen molar-refractivity contribution in [2.75, 3.05) is 11.9 Å². The third-order valence-corrected chi connectivity index (χ3v) is 3.39. The van der Waals surface area contributed by atoms with E-state index in [1.165, 1.54) is 6.33 Å². The Balaban J connectivity index is 0.00000132. The molecule has 0 unspecified atom stereocenters. The molecule has 9 heteroatoms. The minimum Gasteiger partial charge on any atom is -0.492 e. The van der Waals surface area contributed by atoms with Crippen molar-refractivity contribution in [1.29, 1.82) is 0 Å². The average molecular weight is 360 g/mol. The van der Waals surface area contributed by atoms with Gasteiger partial charge in [0.25, 0.3) is 0 Å². The van der Waals surface area contributed by atoms with Crippen molar-refractivity contribution < 1.29 is 9.53 Å². The smallest absolute Gasteiger partial charge is 0.244 e. The van der Waals surface area contributed by atoms with Gasteiger partial charge in [-0.25, -0.2) is 9.67 Å². The Labute approximate surface area is 146 Å². The number of carbonyl (C=O) groups excluding carboxylic acids is 1. The zero-order valence-corrected chi connectivity index (χ0v) is 14.0. The van der Waals surface area contributed by atoms with Crippen LogP contribution in [0.4, 0.5) is 5.69 Å². The molecule has 0 aliphatic heterocycles. The number of amides is 1. The minimum atomic E-state index is -0.677. The van der Waals surface area contributed by atoms with Gasteiger partial charge in [-0.2, -0.15) is 5.10 Å². The number of carbonyl (C=O) groups is 1. The van der Waals surface area contributed by atoms with Gasteiger partial charge in [-0.15, -0.1) is 24.8 Å². The van der Waals surface area contributed by atoms with Crippen molar-refractivity contribution in [3.8, 4) is 5.75 Å². The molecule has 23 heavy (non-hydrogen) atoms. The quantitative estimate of drug-likeness (QED) is 0.817. The van der Waals surface area contributed by atoms with Crippen LogP contribution in [0.25, 0.3) is 0 Å². The number of rotatable bonds is 6. The van der Waals surface area contributed by atoms with E-state index in [9.17, 15) is 4.79 Å². The Morgan fingerprint density at radius 2 is 2.17 bits per heavy atom. The van der Waals surface area contributed by atoms with Gasteiger partial charge in [0.05, 0.1) is 12.1 Å². The van der Waals surface area contributed by atoms with Gasteiger partial charge < -0.3 is 15.8 Å². The first-order chi connectivity index (χ1) is 10.2. The van der Waals surface area contributed by atoms with Crippen LogP contribution in [0.15, 0.2) is 36.9 Å². The maximum absolute atomic E-state index is 11.9. The molecule has 2 aromatic rings. The fourth-order valence-corrected chi connectivity index (χ4v) is 1.89. The van der Waals surface area contributed by atoms with E-state index in [0.29, 0.717) is 24.6 Å². The molecule has 0 atom stereocenters. The predicted octanol–water partition coefficient (Wildman–Crippen LogP) is 1.63. The summed E-state index contributed by atoms with van der Waals surface area (Å²) in [6.07, 6.45) is 4.60. The molecule has 0 bridgehead atoms. The monoisotopic (exact) mass is 359 g/mol. The summed E-state index contributed by atoms with van der Waals surface area (Å²) in [5.74, 6) is 0.553. The first-order valence-corrected chi connectivity index (χ1v) is 6.81. The molecule has 1 fully saturated rings. The lowest BCUT2D eigenvalue weighted by Crippen LogP contribution is -2.37. The molecule has 0 radical (unpaired) electrons. The van der Waals surface area contributed by atoms with Crippen molar-refractivity contribution in [2.45, 2.75) is 24.9 Å². The first-order valence-electron chi connectivity index (χ1n) is 6.81. The van der Waals surface area contributed by atoms with Gasteiger partial charge in [-0.1, -0.05) is 6.07 Å². The zero-order chi connectivity index (χ0) is 14.7. The second kappa shape index (κ2) is 8.14. The maximum Gasteiger partial charge on any atom is 0.244 e. The highest BCUT2D eigenvalue weighted by atomic mass is 35.5. The van der Waals surface area contributed by atoms with E-state index < -0.39 is 5.54 Å². The Hall–Kier alpha value is -1.83. The second-order valence-electron chi connectivity index (χ2n) is 5.15. The van der Waals surface area contributed by atoms with Crippen LogP contribution >= 0.6 is 24.8 Å². The summed E-state index contributed by atoms with van der Waals surface area (Å²) < 4.78 is 7.32. The summed E-state index contributed by atoms with van der Waals surface area (Å²) in [5, 5.41) is 6.81. The first kappa shape index (κ1) is 19.2. The summed E-state index contributed by atoms with van der Waals surface area (Å²) >= 11 is 0. The molecule has 3 rings (SSSR count). The highest BCUT2D eigenvalue weighted by Gasteiger charge is 2.45. The van der Waals surface area contributed by atoms with Gasteiger partial charge in [0, 0.05) is 11.8 Å². The topological polar surface area (TPSA) is 95.1 Å². The molecule has 126 valence electrons. The number of ether oxygens (including phenoxy) is 1. The van der Waals surface area contributed by atoms with E-state index >= 15 is 0 Å². The summed E-state index contributed by atoms with van der Waals surface area (Å²) in [4.78, 5) is 15.7. The van der Waals surface area contributed by atoms with Crippen LogP contribution in [0.1, 0.15) is 12.8 Å². The highest BCUT2D eigenvalue weighted by Crippen LogP contribution is 2.33. The van der Waals surface area contributed by atoms with Crippen LogP contribution in [0.3, 0.4) is 0 Å². The fraction of sp³-hybridized carbons (Fsp3) is 0.357. The molecule has 1 amide bonds. The lowest BCUT2D eigenvalue weighted by Gasteiger charge is -2.11. The highest BCUT2D eigenvalue weighted by molar-refractivity contribution is 6.00. The standard InChI is InChI=1S/C14H17N5O2.2ClH/c15-14(4-5-14)13(20)18-11-2-1-3-12(8-11)21-7-6-19-10-16-9-17-19;;/h1-3,8-10H,4-7,15H2,(H,18,20);2*1H. The maximum atomic E-state index is 11.9. The molecule has 0 spiro atoms. The van der Waals surface area contributed by atoms with E-state index in [2.05, 4.69) is 15.4 Å². The van der Waals surface area contributed by atoms with Gasteiger partial charge in [0.2, 0.25) is 5.91 Å². The van der Waals surface area contributed by atoms with Gasteiger partial charge in [0.15, 0.2) is 0 Å². The zero-order valence-electron chi connectivity index (χ0n) is 12.3. The normalized spacial score (nSPS) is 14.1. The van der Waals surface area contributed by atoms with Crippen LogP contribution in [0, 0.1) is 0 Å². The molecule has 1 aromatic carbocycles. The van der Waals surface area contributed by atoms with E-state index in [-0.39, 0.29) is 30.7 Å². The molecule has 7 nitrogen and oxygen atoms in total. The predicted molar refractivity (Wildman–Crippen MR) is 91.2 cm³/mol. The van der Waals surface area contributed by atoms with Crippen molar-refractivity contribution in [3.63, 3.8) is 0 Å². The number of hydrogen-bond donors (Lipinski definition) is 2. The molecule has 1 aliphatic rings. The van der Waals surface area contributed by atoms with Crippen LogP contribution in [-0.4, -0.2) is 32.8 Å². The van der Waals surface area contributed by atoms with Crippen molar-refractivity contribution in [3.05, 3.63) is 36.9 Å². The van der Waals surface area contributed by atoms with Gasteiger partial charge in [-0.3, -0.25) is 4.79 Å². The van der Waals surface area contributed by atoms with Crippen LogP contribution < -0.4 is 15.8 Å². The summed E-state index contributed by atoms with van der Waals surface area (Å²) in [6.45, 7) is 1.09. The number of benzene rings is 1. The van der Waals surface area contributed by atoms with Crippen molar-refractivity contribution in [1.82, 2.24) is 14.8 Å².